The first-order valence-corrected chi connectivity index (χ1v) is 9.06. The second-order valence-electron chi connectivity index (χ2n) is 6.00. The number of benzene rings is 1. The highest BCUT2D eigenvalue weighted by atomic mass is 28.4. The number of ether oxygens (including phenoxy) is 1. The fourth-order valence-corrected chi connectivity index (χ4v) is 2.30. The standard InChI is InChI=1S/C14H21FO3Si/c1-14(2,3)19(5,6)18-10-7-8-12(15)11(9-10)13(16)17-4/h7-9H,1-6H3. The predicted octanol–water partition coefficient (Wildman–Crippen LogP) is 4.00. The van der Waals surface area contributed by atoms with Gasteiger partial charge in [-0.1, -0.05) is 20.8 Å². The first kappa shape index (κ1) is 15.7. The highest BCUT2D eigenvalue weighted by Crippen LogP contribution is 2.37. The van der Waals surface area contributed by atoms with Crippen LogP contribution in [0.3, 0.4) is 0 Å². The summed E-state index contributed by atoms with van der Waals surface area (Å²) in [6.45, 7) is 10.5. The monoisotopic (exact) mass is 284 g/mol. The van der Waals surface area contributed by atoms with Crippen LogP contribution >= 0.6 is 0 Å². The van der Waals surface area contributed by atoms with Crippen molar-refractivity contribution in [1.82, 2.24) is 0 Å². The Kier molecular flexibility index (Phi) is 4.40. The van der Waals surface area contributed by atoms with Gasteiger partial charge >= 0.3 is 5.97 Å². The molecular weight excluding hydrogens is 263 g/mol. The van der Waals surface area contributed by atoms with Gasteiger partial charge in [0.2, 0.25) is 8.32 Å². The Morgan fingerprint density at radius 1 is 1.26 bits per heavy atom. The SMILES string of the molecule is COC(=O)c1cc(O[Si](C)(C)C(C)(C)C)ccc1F. The minimum Gasteiger partial charge on any atom is -0.543 e. The van der Waals surface area contributed by atoms with E-state index in [4.69, 9.17) is 4.43 Å². The molecule has 19 heavy (non-hydrogen) atoms. The van der Waals surface area contributed by atoms with E-state index in [1.807, 2.05) is 0 Å². The van der Waals surface area contributed by atoms with Gasteiger partial charge in [0, 0.05) is 0 Å². The molecule has 0 aliphatic carbocycles. The Morgan fingerprint density at radius 3 is 2.32 bits per heavy atom. The second-order valence-corrected chi connectivity index (χ2v) is 10.7. The molecule has 0 unspecified atom stereocenters. The van der Waals surface area contributed by atoms with Gasteiger partial charge in [0.15, 0.2) is 0 Å². The van der Waals surface area contributed by atoms with E-state index in [1.54, 1.807) is 6.07 Å². The van der Waals surface area contributed by atoms with Crippen LogP contribution in [-0.4, -0.2) is 21.4 Å². The van der Waals surface area contributed by atoms with Crippen LogP contribution in [0.4, 0.5) is 4.39 Å². The summed E-state index contributed by atoms with van der Waals surface area (Å²) in [4.78, 5) is 11.4. The van der Waals surface area contributed by atoms with Crippen molar-refractivity contribution in [2.45, 2.75) is 38.9 Å². The number of hydrogen-bond donors (Lipinski definition) is 0. The quantitative estimate of drug-likeness (QED) is 0.622. The molecule has 0 heterocycles. The van der Waals surface area contributed by atoms with Crippen LogP contribution in [-0.2, 0) is 4.74 Å². The van der Waals surface area contributed by atoms with Crippen molar-refractivity contribution in [2.24, 2.45) is 0 Å². The van der Waals surface area contributed by atoms with Crippen molar-refractivity contribution in [3.63, 3.8) is 0 Å². The molecule has 0 aliphatic rings. The molecule has 3 nitrogen and oxygen atoms in total. The summed E-state index contributed by atoms with van der Waals surface area (Å²) in [6.07, 6.45) is 0. The normalized spacial score (nSPS) is 12.2. The van der Waals surface area contributed by atoms with Crippen molar-refractivity contribution in [2.75, 3.05) is 7.11 Å². The van der Waals surface area contributed by atoms with Crippen LogP contribution in [0.1, 0.15) is 31.1 Å². The van der Waals surface area contributed by atoms with Gasteiger partial charge in [-0.15, -0.1) is 0 Å². The van der Waals surface area contributed by atoms with Crippen LogP contribution < -0.4 is 4.43 Å². The number of esters is 1. The Morgan fingerprint density at radius 2 is 1.84 bits per heavy atom. The molecule has 1 aromatic carbocycles. The summed E-state index contributed by atoms with van der Waals surface area (Å²) < 4.78 is 24.1. The predicted molar refractivity (Wildman–Crippen MR) is 75.6 cm³/mol. The lowest BCUT2D eigenvalue weighted by atomic mass is 10.2. The minimum atomic E-state index is -2.01. The van der Waals surface area contributed by atoms with E-state index in [1.165, 1.54) is 19.2 Å². The average Bonchev–Trinajstić information content (AvgIpc) is 2.29. The van der Waals surface area contributed by atoms with E-state index in [0.717, 1.165) is 0 Å². The van der Waals surface area contributed by atoms with Gasteiger partial charge in [0.1, 0.15) is 11.6 Å². The molecule has 1 aromatic rings. The van der Waals surface area contributed by atoms with E-state index in [0.29, 0.717) is 5.75 Å². The first-order chi connectivity index (χ1) is 8.58. The van der Waals surface area contributed by atoms with E-state index < -0.39 is 20.1 Å². The molecular formula is C14H21FO3Si. The van der Waals surface area contributed by atoms with Gasteiger partial charge in [0.25, 0.3) is 0 Å². The van der Waals surface area contributed by atoms with Gasteiger partial charge in [-0.05, 0) is 36.3 Å². The molecule has 0 N–H and O–H groups in total. The van der Waals surface area contributed by atoms with E-state index in [-0.39, 0.29) is 10.6 Å². The van der Waals surface area contributed by atoms with Gasteiger partial charge in [-0.3, -0.25) is 0 Å². The number of rotatable bonds is 3. The van der Waals surface area contributed by atoms with E-state index >= 15 is 0 Å². The maximum absolute atomic E-state index is 13.5. The molecule has 0 aliphatic heterocycles. The zero-order valence-electron chi connectivity index (χ0n) is 12.3. The maximum atomic E-state index is 13.5. The summed E-state index contributed by atoms with van der Waals surface area (Å²) in [5.41, 5.74) is -0.0984. The Labute approximate surface area is 114 Å². The largest absolute Gasteiger partial charge is 0.543 e. The zero-order chi connectivity index (χ0) is 14.8. The Balaban J connectivity index is 3.08. The fourth-order valence-electron chi connectivity index (χ4n) is 1.28. The van der Waals surface area contributed by atoms with Crippen LogP contribution in [0.5, 0.6) is 5.75 Å². The second kappa shape index (κ2) is 5.33. The third-order valence-corrected chi connectivity index (χ3v) is 7.88. The third-order valence-electron chi connectivity index (χ3n) is 3.52. The zero-order valence-corrected chi connectivity index (χ0v) is 13.3. The number of hydrogen-bond acceptors (Lipinski definition) is 3. The first-order valence-electron chi connectivity index (χ1n) is 6.15. The summed E-state index contributed by atoms with van der Waals surface area (Å²) in [7, 11) is -0.780. The average molecular weight is 284 g/mol. The number of carbonyl (C=O) groups is 1. The number of carbonyl (C=O) groups excluding carboxylic acids is 1. The molecule has 0 amide bonds. The molecule has 1 rings (SSSR count). The highest BCUT2D eigenvalue weighted by molar-refractivity contribution is 6.74. The lowest BCUT2D eigenvalue weighted by Gasteiger charge is -2.36. The Bertz CT molecular complexity index is 478. The fraction of sp³-hybridized carbons (Fsp3) is 0.500. The van der Waals surface area contributed by atoms with Crippen molar-refractivity contribution in [1.29, 1.82) is 0 Å². The summed E-state index contributed by atoms with van der Waals surface area (Å²) >= 11 is 0. The number of halogens is 1. The topological polar surface area (TPSA) is 35.5 Å². The van der Waals surface area contributed by atoms with Gasteiger partial charge in [-0.25, -0.2) is 9.18 Å². The van der Waals surface area contributed by atoms with Crippen molar-refractivity contribution < 1.29 is 18.3 Å². The lowest BCUT2D eigenvalue weighted by Crippen LogP contribution is -2.43. The van der Waals surface area contributed by atoms with E-state index in [2.05, 4.69) is 38.6 Å². The molecule has 0 aromatic heterocycles. The van der Waals surface area contributed by atoms with Crippen LogP contribution in [0.2, 0.25) is 18.1 Å². The molecule has 5 heteroatoms. The molecule has 0 spiro atoms. The minimum absolute atomic E-state index is 0.0345. The smallest absolute Gasteiger partial charge is 0.340 e. The molecule has 106 valence electrons. The van der Waals surface area contributed by atoms with Crippen LogP contribution in [0.15, 0.2) is 18.2 Å². The highest BCUT2D eigenvalue weighted by Gasteiger charge is 2.39. The lowest BCUT2D eigenvalue weighted by molar-refractivity contribution is 0.0595. The number of methoxy groups -OCH3 is 1. The van der Waals surface area contributed by atoms with Crippen molar-refractivity contribution in [3.8, 4) is 5.75 Å². The molecule has 0 radical (unpaired) electrons. The van der Waals surface area contributed by atoms with Crippen molar-refractivity contribution in [3.05, 3.63) is 29.6 Å². The molecule has 0 atom stereocenters. The van der Waals surface area contributed by atoms with Gasteiger partial charge < -0.3 is 9.16 Å². The van der Waals surface area contributed by atoms with Gasteiger partial charge in [-0.2, -0.15) is 0 Å². The molecule has 0 bridgehead atoms. The molecule has 0 fully saturated rings. The van der Waals surface area contributed by atoms with Gasteiger partial charge in [0.05, 0.1) is 12.7 Å². The third kappa shape index (κ3) is 3.56. The summed E-state index contributed by atoms with van der Waals surface area (Å²) in [5, 5.41) is 0.0345. The summed E-state index contributed by atoms with van der Waals surface area (Å²) in [5.74, 6) is -0.791. The van der Waals surface area contributed by atoms with Crippen molar-refractivity contribution >= 4 is 14.3 Å². The maximum Gasteiger partial charge on any atom is 0.340 e. The summed E-state index contributed by atoms with van der Waals surface area (Å²) in [6, 6.07) is 4.18. The molecule has 0 saturated carbocycles. The van der Waals surface area contributed by atoms with Crippen LogP contribution in [0.25, 0.3) is 0 Å². The molecule has 0 saturated heterocycles. The Hall–Kier alpha value is -1.36. The van der Waals surface area contributed by atoms with Crippen LogP contribution in [0, 0.1) is 5.82 Å². The van der Waals surface area contributed by atoms with E-state index in [9.17, 15) is 9.18 Å².